The van der Waals surface area contributed by atoms with Crippen LogP contribution >= 0.6 is 0 Å². The molecule has 0 aliphatic carbocycles. The first-order valence-corrected chi connectivity index (χ1v) is 10.3. The molecule has 4 nitrogen and oxygen atoms in total. The Morgan fingerprint density at radius 3 is 1.90 bits per heavy atom. The average Bonchev–Trinajstić information content (AvgIpc) is 3.51. The number of nitrogens with one attached hydrogen (secondary N) is 3. The van der Waals surface area contributed by atoms with Crippen molar-refractivity contribution in [3.63, 3.8) is 0 Å². The molecule has 4 heteroatoms. The number of benzene rings is 3. The minimum absolute atomic E-state index is 1.02. The van der Waals surface area contributed by atoms with Crippen LogP contribution in [0.1, 0.15) is 5.56 Å². The largest absolute Gasteiger partial charge is 0.366 e. The van der Waals surface area contributed by atoms with Gasteiger partial charge in [0.05, 0.1) is 5.69 Å². The van der Waals surface area contributed by atoms with Crippen LogP contribution in [0.3, 0.4) is 0 Å². The standard InChI is InChI=1S/C16H14N2.C11H12N2/c1-3-7-14(8-4-1)18(16-11-12-17-13-16)15-9-5-2-6-10-15;1-9-4-2-5-10(8-9)13-11-6-3-7-12-11/h1-13,17H;2-8,12-13H,1H3. The lowest BCUT2D eigenvalue weighted by atomic mass is 10.2. The highest BCUT2D eigenvalue weighted by molar-refractivity contribution is 5.75. The zero-order valence-electron chi connectivity index (χ0n) is 17.5. The van der Waals surface area contributed by atoms with E-state index in [-0.39, 0.29) is 0 Å². The van der Waals surface area contributed by atoms with Crippen molar-refractivity contribution in [2.24, 2.45) is 0 Å². The van der Waals surface area contributed by atoms with Crippen molar-refractivity contribution in [1.82, 2.24) is 9.97 Å². The van der Waals surface area contributed by atoms with E-state index in [2.05, 4.69) is 93.8 Å². The van der Waals surface area contributed by atoms with Gasteiger partial charge >= 0.3 is 0 Å². The minimum Gasteiger partial charge on any atom is -0.366 e. The molecule has 0 amide bonds. The van der Waals surface area contributed by atoms with E-state index in [1.165, 1.54) is 5.56 Å². The molecule has 154 valence electrons. The molecule has 0 fully saturated rings. The molecule has 0 aliphatic heterocycles. The van der Waals surface area contributed by atoms with Crippen molar-refractivity contribution in [1.29, 1.82) is 0 Å². The molecule has 0 bridgehead atoms. The molecule has 31 heavy (non-hydrogen) atoms. The Hall–Kier alpha value is -4.18. The van der Waals surface area contributed by atoms with E-state index >= 15 is 0 Å². The van der Waals surface area contributed by atoms with Gasteiger partial charge in [-0.2, -0.15) is 0 Å². The zero-order valence-corrected chi connectivity index (χ0v) is 17.5. The summed E-state index contributed by atoms with van der Waals surface area (Å²) in [6.45, 7) is 2.08. The van der Waals surface area contributed by atoms with Crippen LogP contribution < -0.4 is 10.2 Å². The van der Waals surface area contributed by atoms with Gasteiger partial charge in [0.2, 0.25) is 0 Å². The van der Waals surface area contributed by atoms with Gasteiger partial charge in [0.25, 0.3) is 0 Å². The first kappa shape index (κ1) is 20.1. The van der Waals surface area contributed by atoms with E-state index in [1.54, 1.807) is 0 Å². The molecule has 0 aliphatic rings. The third-order valence-corrected chi connectivity index (χ3v) is 4.76. The summed E-state index contributed by atoms with van der Waals surface area (Å²) in [7, 11) is 0. The first-order valence-electron chi connectivity index (χ1n) is 10.3. The number of aryl methyl sites for hydroxylation is 1. The number of H-pyrrole nitrogens is 2. The molecular weight excluding hydrogens is 380 g/mol. The molecule has 0 saturated carbocycles. The third-order valence-electron chi connectivity index (χ3n) is 4.76. The number of anilines is 5. The molecule has 3 N–H and O–H groups in total. The number of hydrogen-bond donors (Lipinski definition) is 3. The Morgan fingerprint density at radius 1 is 0.645 bits per heavy atom. The van der Waals surface area contributed by atoms with Crippen LogP contribution in [0.25, 0.3) is 0 Å². The van der Waals surface area contributed by atoms with E-state index in [9.17, 15) is 0 Å². The Balaban J connectivity index is 0.000000158. The molecule has 2 heterocycles. The van der Waals surface area contributed by atoms with Crippen molar-refractivity contribution in [3.05, 3.63) is 127 Å². The lowest BCUT2D eigenvalue weighted by Crippen LogP contribution is -2.08. The van der Waals surface area contributed by atoms with Crippen molar-refractivity contribution >= 4 is 28.6 Å². The van der Waals surface area contributed by atoms with Crippen molar-refractivity contribution in [3.8, 4) is 0 Å². The van der Waals surface area contributed by atoms with Gasteiger partial charge in [0.1, 0.15) is 5.82 Å². The second kappa shape index (κ2) is 10.0. The van der Waals surface area contributed by atoms with Gasteiger partial charge in [-0.25, -0.2) is 0 Å². The zero-order chi connectivity index (χ0) is 21.3. The lowest BCUT2D eigenvalue weighted by molar-refractivity contribution is 1.28. The highest BCUT2D eigenvalue weighted by Gasteiger charge is 2.11. The maximum atomic E-state index is 3.27. The van der Waals surface area contributed by atoms with Gasteiger partial charge in [-0.05, 0) is 67.1 Å². The molecular formula is C27H26N4. The van der Waals surface area contributed by atoms with Crippen molar-refractivity contribution in [2.75, 3.05) is 10.2 Å². The van der Waals surface area contributed by atoms with Crippen molar-refractivity contribution < 1.29 is 0 Å². The van der Waals surface area contributed by atoms with Crippen LogP contribution in [0.4, 0.5) is 28.6 Å². The fourth-order valence-corrected chi connectivity index (χ4v) is 3.34. The highest BCUT2D eigenvalue weighted by atomic mass is 15.1. The van der Waals surface area contributed by atoms with Crippen molar-refractivity contribution in [2.45, 2.75) is 6.92 Å². The van der Waals surface area contributed by atoms with E-state index in [0.717, 1.165) is 28.6 Å². The number of aromatic amines is 2. The summed E-state index contributed by atoms with van der Waals surface area (Å²) >= 11 is 0. The van der Waals surface area contributed by atoms with Gasteiger partial charge in [-0.1, -0.05) is 48.5 Å². The Morgan fingerprint density at radius 2 is 1.35 bits per heavy atom. The summed E-state index contributed by atoms with van der Waals surface area (Å²) in [5.74, 6) is 1.02. The second-order valence-electron chi connectivity index (χ2n) is 7.15. The summed E-state index contributed by atoms with van der Waals surface area (Å²) in [6.07, 6.45) is 5.84. The van der Waals surface area contributed by atoms with Gasteiger partial charge < -0.3 is 20.2 Å². The summed E-state index contributed by atoms with van der Waals surface area (Å²) < 4.78 is 0. The van der Waals surface area contributed by atoms with Crippen LogP contribution in [0.15, 0.2) is 122 Å². The fourth-order valence-electron chi connectivity index (χ4n) is 3.34. The van der Waals surface area contributed by atoms with E-state index in [1.807, 2.05) is 55.0 Å². The molecule has 2 aromatic heterocycles. The van der Waals surface area contributed by atoms with Crippen LogP contribution in [0.5, 0.6) is 0 Å². The quantitative estimate of drug-likeness (QED) is 0.282. The van der Waals surface area contributed by atoms with Crippen LogP contribution in [-0.4, -0.2) is 9.97 Å². The number of aromatic nitrogens is 2. The molecule has 0 atom stereocenters. The summed E-state index contributed by atoms with van der Waals surface area (Å²) in [5, 5.41) is 3.27. The Bertz CT molecular complexity index is 1110. The summed E-state index contributed by atoms with van der Waals surface area (Å²) in [6, 6.07) is 35.1. The predicted molar refractivity (Wildman–Crippen MR) is 131 cm³/mol. The third kappa shape index (κ3) is 5.46. The number of rotatable bonds is 5. The smallest absolute Gasteiger partial charge is 0.107 e. The Kier molecular flexibility index (Phi) is 6.51. The molecule has 0 spiro atoms. The Labute approximate surface area is 183 Å². The molecule has 0 radical (unpaired) electrons. The maximum Gasteiger partial charge on any atom is 0.107 e. The summed E-state index contributed by atoms with van der Waals surface area (Å²) in [4.78, 5) is 8.42. The predicted octanol–water partition coefficient (Wildman–Crippen LogP) is 7.55. The lowest BCUT2D eigenvalue weighted by Gasteiger charge is -2.23. The van der Waals surface area contributed by atoms with Gasteiger partial charge in [0.15, 0.2) is 0 Å². The molecule has 0 saturated heterocycles. The molecule has 0 unspecified atom stereocenters. The van der Waals surface area contributed by atoms with Crippen LogP contribution in [0, 0.1) is 6.92 Å². The monoisotopic (exact) mass is 406 g/mol. The molecule has 5 aromatic rings. The number of hydrogen-bond acceptors (Lipinski definition) is 2. The van der Waals surface area contributed by atoms with Gasteiger partial charge in [0, 0.05) is 35.7 Å². The number of para-hydroxylation sites is 2. The molecule has 5 rings (SSSR count). The first-order chi connectivity index (χ1) is 15.3. The summed E-state index contributed by atoms with van der Waals surface area (Å²) in [5.41, 5.74) is 5.82. The maximum absolute atomic E-state index is 3.27. The highest BCUT2D eigenvalue weighted by Crippen LogP contribution is 2.33. The van der Waals surface area contributed by atoms with E-state index in [0.29, 0.717) is 0 Å². The fraction of sp³-hybridized carbons (Fsp3) is 0.0370. The molecule has 3 aromatic carbocycles. The second-order valence-corrected chi connectivity index (χ2v) is 7.15. The van der Waals surface area contributed by atoms with Gasteiger partial charge in [-0.3, -0.25) is 0 Å². The van der Waals surface area contributed by atoms with Gasteiger partial charge in [-0.15, -0.1) is 0 Å². The number of nitrogens with zero attached hydrogens (tertiary/aromatic N) is 1. The van der Waals surface area contributed by atoms with Crippen LogP contribution in [0.2, 0.25) is 0 Å². The van der Waals surface area contributed by atoms with Crippen LogP contribution in [-0.2, 0) is 0 Å². The average molecular weight is 407 g/mol. The SMILES string of the molecule is Cc1cccc(Nc2ccc[nH]2)c1.c1ccc(N(c2ccccc2)c2cc[nH]c2)cc1. The normalized spacial score (nSPS) is 10.1. The topological polar surface area (TPSA) is 46.9 Å². The minimum atomic E-state index is 1.02. The van der Waals surface area contributed by atoms with E-state index in [4.69, 9.17) is 0 Å². The van der Waals surface area contributed by atoms with E-state index < -0.39 is 0 Å².